The van der Waals surface area contributed by atoms with E-state index >= 15 is 0 Å². The Morgan fingerprint density at radius 3 is 2.35 bits per heavy atom. The summed E-state index contributed by atoms with van der Waals surface area (Å²) in [5.41, 5.74) is 3.01. The van der Waals surface area contributed by atoms with E-state index in [1.54, 1.807) is 24.0 Å². The Morgan fingerprint density at radius 1 is 1.10 bits per heavy atom. The number of carbonyl (C=O) groups excluding carboxylic acids is 2. The number of nitro groups is 1. The van der Waals surface area contributed by atoms with Crippen LogP contribution in [0.4, 0.5) is 5.69 Å². The average Bonchev–Trinajstić information content (AvgIpc) is 2.71. The second-order valence-corrected chi connectivity index (χ2v) is 8.75. The van der Waals surface area contributed by atoms with Gasteiger partial charge in [0.2, 0.25) is 11.8 Å². The van der Waals surface area contributed by atoms with Crippen LogP contribution in [-0.2, 0) is 21.9 Å². The van der Waals surface area contributed by atoms with Crippen molar-refractivity contribution in [2.75, 3.05) is 5.75 Å². The smallest absolute Gasteiger partial charge is 0.269 e. The largest absolute Gasteiger partial charge is 0.352 e. The molecule has 0 saturated heterocycles. The van der Waals surface area contributed by atoms with Gasteiger partial charge in [0.15, 0.2) is 0 Å². The molecule has 0 spiro atoms. The number of amides is 2. The maximum absolute atomic E-state index is 13.0. The molecule has 8 heteroatoms. The monoisotopic (exact) mass is 443 g/mol. The highest BCUT2D eigenvalue weighted by molar-refractivity contribution is 7.99. The van der Waals surface area contributed by atoms with E-state index in [2.05, 4.69) is 5.32 Å². The molecule has 0 bridgehead atoms. The summed E-state index contributed by atoms with van der Waals surface area (Å²) in [4.78, 5) is 37.5. The number of rotatable bonds is 10. The van der Waals surface area contributed by atoms with Crippen molar-refractivity contribution in [3.8, 4) is 0 Å². The number of hydrogen-bond donors (Lipinski definition) is 1. The van der Waals surface area contributed by atoms with Crippen molar-refractivity contribution in [3.63, 3.8) is 0 Å². The number of hydrogen-bond acceptors (Lipinski definition) is 5. The SMILES string of the molecule is Cc1cccc(CN(C(=O)CSCc2ccc([N+](=O)[O-])cc2)[C@H](C)C(=O)NC(C)C)c1. The summed E-state index contributed by atoms with van der Waals surface area (Å²) in [5, 5.41) is 13.6. The second-order valence-electron chi connectivity index (χ2n) is 7.77. The van der Waals surface area contributed by atoms with Crippen LogP contribution in [0, 0.1) is 17.0 Å². The molecule has 31 heavy (non-hydrogen) atoms. The van der Waals surface area contributed by atoms with Crippen LogP contribution < -0.4 is 5.32 Å². The first-order valence-corrected chi connectivity index (χ1v) is 11.3. The van der Waals surface area contributed by atoms with Gasteiger partial charge in [0.1, 0.15) is 6.04 Å². The lowest BCUT2D eigenvalue weighted by atomic mass is 10.1. The molecule has 7 nitrogen and oxygen atoms in total. The van der Waals surface area contributed by atoms with Gasteiger partial charge in [-0.1, -0.05) is 42.0 Å². The van der Waals surface area contributed by atoms with Gasteiger partial charge in [-0.2, -0.15) is 0 Å². The summed E-state index contributed by atoms with van der Waals surface area (Å²) in [7, 11) is 0. The predicted octanol–water partition coefficient (Wildman–Crippen LogP) is 4.08. The van der Waals surface area contributed by atoms with Crippen LogP contribution in [0.25, 0.3) is 0 Å². The maximum Gasteiger partial charge on any atom is 0.269 e. The molecule has 0 aromatic heterocycles. The lowest BCUT2D eigenvalue weighted by Crippen LogP contribution is -2.49. The van der Waals surface area contributed by atoms with E-state index in [1.807, 2.05) is 45.0 Å². The van der Waals surface area contributed by atoms with Crippen molar-refractivity contribution in [3.05, 3.63) is 75.3 Å². The number of aryl methyl sites for hydroxylation is 1. The number of nitro benzene ring substituents is 1. The topological polar surface area (TPSA) is 92.6 Å². The van der Waals surface area contributed by atoms with Crippen LogP contribution in [0.1, 0.15) is 37.5 Å². The molecule has 2 aromatic rings. The summed E-state index contributed by atoms with van der Waals surface area (Å²) >= 11 is 1.42. The Labute approximate surface area is 187 Å². The summed E-state index contributed by atoms with van der Waals surface area (Å²) in [6.07, 6.45) is 0. The minimum absolute atomic E-state index is 0.0117. The van der Waals surface area contributed by atoms with Gasteiger partial charge in [0.05, 0.1) is 10.7 Å². The molecule has 0 fully saturated rings. The highest BCUT2D eigenvalue weighted by Crippen LogP contribution is 2.19. The Kier molecular flexibility index (Phi) is 9.05. The lowest BCUT2D eigenvalue weighted by Gasteiger charge is -2.29. The molecule has 166 valence electrons. The molecular formula is C23H29N3O4S. The number of nitrogens with one attached hydrogen (secondary N) is 1. The maximum atomic E-state index is 13.0. The third kappa shape index (κ3) is 7.71. The molecule has 2 aromatic carbocycles. The highest BCUT2D eigenvalue weighted by Gasteiger charge is 2.26. The summed E-state index contributed by atoms with van der Waals surface area (Å²) < 4.78 is 0. The van der Waals surface area contributed by atoms with E-state index in [0.717, 1.165) is 16.7 Å². The van der Waals surface area contributed by atoms with Crippen molar-refractivity contribution in [2.45, 2.75) is 52.1 Å². The van der Waals surface area contributed by atoms with Crippen molar-refractivity contribution in [1.29, 1.82) is 0 Å². The van der Waals surface area contributed by atoms with Gasteiger partial charge in [0, 0.05) is 30.5 Å². The molecule has 0 saturated carbocycles. The molecule has 1 atom stereocenters. The molecule has 0 radical (unpaired) electrons. The van der Waals surface area contributed by atoms with Crippen LogP contribution in [0.2, 0.25) is 0 Å². The quantitative estimate of drug-likeness (QED) is 0.441. The van der Waals surface area contributed by atoms with Crippen molar-refractivity contribution < 1.29 is 14.5 Å². The van der Waals surface area contributed by atoms with Crippen molar-refractivity contribution in [1.82, 2.24) is 10.2 Å². The van der Waals surface area contributed by atoms with Gasteiger partial charge < -0.3 is 10.2 Å². The van der Waals surface area contributed by atoms with Crippen LogP contribution in [0.3, 0.4) is 0 Å². The molecule has 0 aliphatic rings. The molecule has 0 aliphatic carbocycles. The first kappa shape index (κ1) is 24.4. The van der Waals surface area contributed by atoms with Gasteiger partial charge in [-0.3, -0.25) is 19.7 Å². The Balaban J connectivity index is 2.05. The summed E-state index contributed by atoms with van der Waals surface area (Å²) in [6, 6.07) is 13.6. The van der Waals surface area contributed by atoms with Crippen molar-refractivity contribution in [2.24, 2.45) is 0 Å². The molecular weight excluding hydrogens is 414 g/mol. The molecule has 0 unspecified atom stereocenters. The number of benzene rings is 2. The van der Waals surface area contributed by atoms with E-state index in [0.29, 0.717) is 12.3 Å². The fourth-order valence-electron chi connectivity index (χ4n) is 3.05. The highest BCUT2D eigenvalue weighted by atomic mass is 32.2. The van der Waals surface area contributed by atoms with E-state index < -0.39 is 11.0 Å². The van der Waals surface area contributed by atoms with Gasteiger partial charge in [-0.25, -0.2) is 0 Å². The van der Waals surface area contributed by atoms with Gasteiger partial charge >= 0.3 is 0 Å². The number of nitrogens with zero attached hydrogens (tertiary/aromatic N) is 2. The van der Waals surface area contributed by atoms with Crippen LogP contribution in [0.15, 0.2) is 48.5 Å². The predicted molar refractivity (Wildman–Crippen MR) is 124 cm³/mol. The number of non-ortho nitro benzene ring substituents is 1. The first-order chi connectivity index (χ1) is 14.7. The number of thioether (sulfide) groups is 1. The zero-order valence-electron chi connectivity index (χ0n) is 18.3. The zero-order chi connectivity index (χ0) is 23.0. The minimum atomic E-state index is -0.601. The fourth-order valence-corrected chi connectivity index (χ4v) is 3.92. The average molecular weight is 444 g/mol. The summed E-state index contributed by atoms with van der Waals surface area (Å²) in [5.74, 6) is 0.452. The number of carbonyl (C=O) groups is 2. The molecule has 2 rings (SSSR count). The molecule has 0 heterocycles. The standard InChI is InChI=1S/C23H29N3O4S/c1-16(2)24-23(28)18(4)25(13-20-7-5-6-17(3)12-20)22(27)15-31-14-19-8-10-21(11-9-19)26(29)30/h5-12,16,18H,13-15H2,1-4H3,(H,24,28)/t18-/m1/s1. The minimum Gasteiger partial charge on any atom is -0.352 e. The molecule has 2 amide bonds. The van der Waals surface area contributed by atoms with Crippen LogP contribution in [0.5, 0.6) is 0 Å². The third-order valence-corrected chi connectivity index (χ3v) is 5.66. The van der Waals surface area contributed by atoms with Gasteiger partial charge in [-0.15, -0.1) is 11.8 Å². The lowest BCUT2D eigenvalue weighted by molar-refractivity contribution is -0.384. The van der Waals surface area contributed by atoms with Gasteiger partial charge in [-0.05, 0) is 38.8 Å². The molecule has 0 aliphatic heterocycles. The normalized spacial score (nSPS) is 11.8. The van der Waals surface area contributed by atoms with E-state index in [1.165, 1.54) is 23.9 Å². The zero-order valence-corrected chi connectivity index (χ0v) is 19.1. The Bertz CT molecular complexity index is 915. The van der Waals surface area contributed by atoms with E-state index in [-0.39, 0.29) is 29.3 Å². The second kappa shape index (κ2) is 11.5. The van der Waals surface area contributed by atoms with E-state index in [4.69, 9.17) is 0 Å². The van der Waals surface area contributed by atoms with Crippen LogP contribution >= 0.6 is 11.8 Å². The fraction of sp³-hybridized carbons (Fsp3) is 0.391. The van der Waals surface area contributed by atoms with Gasteiger partial charge in [0.25, 0.3) is 5.69 Å². The molecule has 1 N–H and O–H groups in total. The Morgan fingerprint density at radius 2 is 1.77 bits per heavy atom. The van der Waals surface area contributed by atoms with E-state index in [9.17, 15) is 19.7 Å². The van der Waals surface area contributed by atoms with Crippen LogP contribution in [-0.4, -0.2) is 39.5 Å². The summed E-state index contributed by atoms with van der Waals surface area (Å²) in [6.45, 7) is 7.86. The third-order valence-electron chi connectivity index (χ3n) is 4.68. The van der Waals surface area contributed by atoms with Crippen molar-refractivity contribution >= 4 is 29.3 Å². The Hall–Kier alpha value is -2.87. The first-order valence-electron chi connectivity index (χ1n) is 10.1.